The van der Waals surface area contributed by atoms with E-state index < -0.39 is 29.6 Å². The maximum atomic E-state index is 12.7. The van der Waals surface area contributed by atoms with E-state index in [-0.39, 0.29) is 67.3 Å². The van der Waals surface area contributed by atoms with Crippen LogP contribution >= 0.6 is 0 Å². The Morgan fingerprint density at radius 3 is 1.89 bits per heavy atom. The van der Waals surface area contributed by atoms with Gasteiger partial charge in [0.05, 0.1) is 7.11 Å². The molecular formula is C29H45NO8. The van der Waals surface area contributed by atoms with Crippen molar-refractivity contribution in [2.45, 2.75) is 98.6 Å². The maximum Gasteiger partial charge on any atom is 0.326 e. The van der Waals surface area contributed by atoms with Crippen LogP contribution in [0.2, 0.25) is 0 Å². The first-order chi connectivity index (χ1) is 17.7. The molecule has 0 spiro atoms. The molecule has 0 bridgehead atoms. The van der Waals surface area contributed by atoms with Gasteiger partial charge < -0.3 is 24.7 Å². The van der Waals surface area contributed by atoms with Crippen molar-refractivity contribution in [2.24, 2.45) is 23.5 Å². The Morgan fingerprint density at radius 2 is 1.39 bits per heavy atom. The molecular weight excluding hydrogens is 490 g/mol. The zero-order valence-corrected chi connectivity index (χ0v) is 24.1. The van der Waals surface area contributed by atoms with E-state index in [1.54, 1.807) is 13.0 Å². The van der Waals surface area contributed by atoms with Crippen LogP contribution < -0.4 is 15.2 Å². The summed E-state index contributed by atoms with van der Waals surface area (Å²) in [4.78, 5) is 49.7. The van der Waals surface area contributed by atoms with Gasteiger partial charge in [-0.2, -0.15) is 0 Å². The molecule has 1 aromatic rings. The standard InChI is InChI=1S/C29H45NO8/c1-9-20(6)14-27(33)36-21(7)16-29(30,28(34)35-8)17-22-10-11-23(37-25(31)12-18(2)3)24(15-22)38-26(32)13-19(4)5/h10-11,15,18-21H,9,12-14,16-17,30H2,1-8H3/t20?,21-,29?/m0/s1. The molecule has 2 N–H and O–H groups in total. The predicted molar refractivity (Wildman–Crippen MR) is 144 cm³/mol. The minimum Gasteiger partial charge on any atom is -0.468 e. The summed E-state index contributed by atoms with van der Waals surface area (Å²) in [6.07, 6.45) is 0.865. The van der Waals surface area contributed by atoms with Gasteiger partial charge in [-0.05, 0) is 42.4 Å². The number of methoxy groups -OCH3 is 1. The molecule has 9 heteroatoms. The second-order valence-electron chi connectivity index (χ2n) is 11.0. The lowest BCUT2D eigenvalue weighted by molar-refractivity contribution is -0.155. The molecule has 0 saturated carbocycles. The molecule has 0 amide bonds. The van der Waals surface area contributed by atoms with Gasteiger partial charge in [0.25, 0.3) is 0 Å². The fraction of sp³-hybridized carbons (Fsp3) is 0.655. The van der Waals surface area contributed by atoms with Crippen LogP contribution in [0.4, 0.5) is 0 Å². The molecule has 3 atom stereocenters. The number of carbonyl (C=O) groups excluding carboxylic acids is 4. The molecule has 0 aliphatic carbocycles. The van der Waals surface area contributed by atoms with Crippen LogP contribution in [-0.4, -0.2) is 42.6 Å². The summed E-state index contributed by atoms with van der Waals surface area (Å²) in [5.74, 6) is -1.46. The van der Waals surface area contributed by atoms with E-state index in [1.807, 2.05) is 41.5 Å². The van der Waals surface area contributed by atoms with Gasteiger partial charge in [-0.15, -0.1) is 0 Å². The van der Waals surface area contributed by atoms with Crippen molar-refractivity contribution >= 4 is 23.9 Å². The molecule has 0 aliphatic rings. The third-order valence-electron chi connectivity index (χ3n) is 5.91. The molecule has 9 nitrogen and oxygen atoms in total. The Bertz CT molecular complexity index is 958. The Hall–Kier alpha value is -2.94. The van der Waals surface area contributed by atoms with Crippen molar-refractivity contribution in [3.05, 3.63) is 23.8 Å². The largest absolute Gasteiger partial charge is 0.468 e. The van der Waals surface area contributed by atoms with Crippen LogP contribution in [0.15, 0.2) is 18.2 Å². The summed E-state index contributed by atoms with van der Waals surface area (Å²) < 4.78 is 21.5. The fourth-order valence-corrected chi connectivity index (χ4v) is 3.87. The van der Waals surface area contributed by atoms with E-state index in [0.29, 0.717) is 5.56 Å². The van der Waals surface area contributed by atoms with Crippen LogP contribution in [0.3, 0.4) is 0 Å². The van der Waals surface area contributed by atoms with E-state index in [2.05, 4.69) is 0 Å². The summed E-state index contributed by atoms with van der Waals surface area (Å²) in [5.41, 5.74) is 5.54. The number of ether oxygens (including phenoxy) is 4. The summed E-state index contributed by atoms with van der Waals surface area (Å²) in [5, 5.41) is 0. The minimum atomic E-state index is -1.53. The molecule has 0 fully saturated rings. The monoisotopic (exact) mass is 535 g/mol. The molecule has 0 saturated heterocycles. The second-order valence-corrected chi connectivity index (χ2v) is 11.0. The number of nitrogens with two attached hydrogens (primary N) is 1. The second kappa shape index (κ2) is 15.5. The normalized spacial score (nSPS) is 14.4. The first kappa shape index (κ1) is 33.1. The number of carbonyl (C=O) groups is 4. The molecule has 0 aromatic heterocycles. The van der Waals surface area contributed by atoms with Crippen molar-refractivity contribution in [3.63, 3.8) is 0 Å². The number of rotatable bonds is 15. The van der Waals surface area contributed by atoms with Gasteiger partial charge >= 0.3 is 23.9 Å². The average Bonchev–Trinajstić information content (AvgIpc) is 2.78. The molecule has 0 radical (unpaired) electrons. The Kier molecular flexibility index (Phi) is 13.5. The lowest BCUT2D eigenvalue weighted by Gasteiger charge is -2.29. The average molecular weight is 536 g/mol. The van der Waals surface area contributed by atoms with E-state index >= 15 is 0 Å². The van der Waals surface area contributed by atoms with Crippen molar-refractivity contribution in [3.8, 4) is 11.5 Å². The Balaban J connectivity index is 3.21. The molecule has 0 heterocycles. The first-order valence-corrected chi connectivity index (χ1v) is 13.3. The third-order valence-corrected chi connectivity index (χ3v) is 5.91. The van der Waals surface area contributed by atoms with Gasteiger partial charge in [0.1, 0.15) is 11.6 Å². The SMILES string of the molecule is CCC(C)CC(=O)O[C@@H](C)CC(N)(Cc1ccc(OC(=O)CC(C)C)c(OC(=O)CC(C)C)c1)C(=O)OC. The smallest absolute Gasteiger partial charge is 0.326 e. The summed E-state index contributed by atoms with van der Waals surface area (Å²) in [7, 11) is 1.24. The van der Waals surface area contributed by atoms with E-state index in [1.165, 1.54) is 19.2 Å². The van der Waals surface area contributed by atoms with Gasteiger partial charge in [0.15, 0.2) is 11.5 Å². The third kappa shape index (κ3) is 11.6. The van der Waals surface area contributed by atoms with Crippen molar-refractivity contribution in [1.29, 1.82) is 0 Å². The van der Waals surface area contributed by atoms with Crippen molar-refractivity contribution in [1.82, 2.24) is 0 Å². The zero-order valence-electron chi connectivity index (χ0n) is 24.1. The van der Waals surface area contributed by atoms with E-state index in [0.717, 1.165) is 6.42 Å². The van der Waals surface area contributed by atoms with Crippen LogP contribution in [0.1, 0.15) is 86.1 Å². The molecule has 1 rings (SSSR count). The van der Waals surface area contributed by atoms with Crippen LogP contribution in [0, 0.1) is 17.8 Å². The topological polar surface area (TPSA) is 131 Å². The van der Waals surface area contributed by atoms with Crippen LogP contribution in [0.5, 0.6) is 11.5 Å². The number of benzene rings is 1. The summed E-state index contributed by atoms with van der Waals surface area (Å²) in [6.45, 7) is 13.2. The van der Waals surface area contributed by atoms with E-state index in [4.69, 9.17) is 24.7 Å². The first-order valence-electron chi connectivity index (χ1n) is 13.3. The predicted octanol–water partition coefficient (Wildman–Crippen LogP) is 4.76. The highest BCUT2D eigenvalue weighted by Crippen LogP contribution is 2.32. The highest BCUT2D eigenvalue weighted by atomic mass is 16.6. The van der Waals surface area contributed by atoms with Gasteiger partial charge in [-0.1, -0.05) is 54.0 Å². The molecule has 38 heavy (non-hydrogen) atoms. The maximum absolute atomic E-state index is 12.7. The highest BCUT2D eigenvalue weighted by Gasteiger charge is 2.38. The van der Waals surface area contributed by atoms with Gasteiger partial charge in [-0.25, -0.2) is 0 Å². The van der Waals surface area contributed by atoms with Crippen molar-refractivity contribution < 1.29 is 38.1 Å². The number of esters is 4. The molecule has 0 aliphatic heterocycles. The fourth-order valence-electron chi connectivity index (χ4n) is 3.87. The Labute approximate surface area is 226 Å². The van der Waals surface area contributed by atoms with Gasteiger partial charge in [0.2, 0.25) is 0 Å². The highest BCUT2D eigenvalue weighted by molar-refractivity contribution is 5.81. The van der Waals surface area contributed by atoms with Gasteiger partial charge in [-0.3, -0.25) is 19.2 Å². The zero-order chi connectivity index (χ0) is 29.0. The van der Waals surface area contributed by atoms with Gasteiger partial charge in [0, 0.05) is 32.1 Å². The minimum absolute atomic E-state index is 0.00186. The Morgan fingerprint density at radius 1 is 0.842 bits per heavy atom. The summed E-state index contributed by atoms with van der Waals surface area (Å²) >= 11 is 0. The quantitative estimate of drug-likeness (QED) is 0.249. The number of hydrogen-bond acceptors (Lipinski definition) is 9. The van der Waals surface area contributed by atoms with E-state index in [9.17, 15) is 19.2 Å². The van der Waals surface area contributed by atoms with Crippen molar-refractivity contribution in [2.75, 3.05) is 7.11 Å². The lowest BCUT2D eigenvalue weighted by atomic mass is 9.86. The molecule has 1 aromatic carbocycles. The lowest BCUT2D eigenvalue weighted by Crippen LogP contribution is -2.53. The summed E-state index contributed by atoms with van der Waals surface area (Å²) in [6, 6.07) is 4.68. The van der Waals surface area contributed by atoms with Crippen LogP contribution in [-0.2, 0) is 35.1 Å². The van der Waals surface area contributed by atoms with Crippen LogP contribution in [0.25, 0.3) is 0 Å². The molecule has 214 valence electrons. The number of hydrogen-bond donors (Lipinski definition) is 1. The molecule has 2 unspecified atom stereocenters.